The minimum atomic E-state index is -0.211. The van der Waals surface area contributed by atoms with Gasteiger partial charge in [0, 0.05) is 30.2 Å². The lowest BCUT2D eigenvalue weighted by molar-refractivity contribution is 0.0950. The predicted octanol–water partition coefficient (Wildman–Crippen LogP) is 4.56. The van der Waals surface area contributed by atoms with E-state index < -0.39 is 0 Å². The zero-order chi connectivity index (χ0) is 20.9. The molecule has 5 nitrogen and oxygen atoms in total. The van der Waals surface area contributed by atoms with Crippen molar-refractivity contribution < 1.29 is 9.59 Å². The summed E-state index contributed by atoms with van der Waals surface area (Å²) in [5.41, 5.74) is 3.79. The van der Waals surface area contributed by atoms with Crippen molar-refractivity contribution in [2.24, 2.45) is 0 Å². The molecule has 0 atom stereocenters. The van der Waals surface area contributed by atoms with Gasteiger partial charge in [-0.15, -0.1) is 0 Å². The van der Waals surface area contributed by atoms with Crippen LogP contribution in [0.15, 0.2) is 73.1 Å². The molecular weight excluding hydrogens is 362 g/mol. The van der Waals surface area contributed by atoms with E-state index in [1.807, 2.05) is 48.5 Å². The van der Waals surface area contributed by atoms with Crippen molar-refractivity contribution in [2.45, 2.75) is 32.7 Å². The van der Waals surface area contributed by atoms with Crippen LogP contribution in [0.3, 0.4) is 0 Å². The Morgan fingerprint density at radius 2 is 1.59 bits per heavy atom. The standard InChI is InChI=1S/C24H25N3O2/c1-24(2,3)20-12-10-17(11-13-20)23(29)27-21-9-5-4-7-18(21)16-26-22(28)19-8-6-14-25-15-19/h4-15H,16H2,1-3H3,(H,26,28)(H,27,29). The number of para-hydroxylation sites is 1. The molecule has 0 spiro atoms. The highest BCUT2D eigenvalue weighted by atomic mass is 16.2. The van der Waals surface area contributed by atoms with Crippen LogP contribution in [0.1, 0.15) is 52.6 Å². The highest BCUT2D eigenvalue weighted by Gasteiger charge is 2.15. The lowest BCUT2D eigenvalue weighted by Gasteiger charge is -2.19. The van der Waals surface area contributed by atoms with Gasteiger partial charge < -0.3 is 10.6 Å². The number of amides is 2. The Kier molecular flexibility index (Phi) is 6.07. The van der Waals surface area contributed by atoms with Gasteiger partial charge >= 0.3 is 0 Å². The molecule has 0 aliphatic carbocycles. The molecule has 0 unspecified atom stereocenters. The number of nitrogens with one attached hydrogen (secondary N) is 2. The molecule has 0 saturated carbocycles. The molecule has 3 rings (SSSR count). The van der Waals surface area contributed by atoms with E-state index in [1.54, 1.807) is 18.3 Å². The molecule has 29 heavy (non-hydrogen) atoms. The van der Waals surface area contributed by atoms with E-state index in [2.05, 4.69) is 36.4 Å². The molecule has 1 aromatic heterocycles. The number of anilines is 1. The summed E-state index contributed by atoms with van der Waals surface area (Å²) in [6, 6.07) is 18.5. The molecule has 0 aliphatic heterocycles. The van der Waals surface area contributed by atoms with E-state index in [0.717, 1.165) is 5.56 Å². The van der Waals surface area contributed by atoms with Crippen LogP contribution in [0.5, 0.6) is 0 Å². The second-order valence-corrected chi connectivity index (χ2v) is 7.86. The molecule has 2 aromatic carbocycles. The Balaban J connectivity index is 1.68. The molecule has 0 radical (unpaired) electrons. The monoisotopic (exact) mass is 387 g/mol. The molecule has 2 amide bonds. The number of pyridine rings is 1. The van der Waals surface area contributed by atoms with E-state index >= 15 is 0 Å². The Bertz CT molecular complexity index is 991. The van der Waals surface area contributed by atoms with Gasteiger partial charge in [-0.3, -0.25) is 14.6 Å². The highest BCUT2D eigenvalue weighted by Crippen LogP contribution is 2.23. The fourth-order valence-electron chi connectivity index (χ4n) is 2.89. The lowest BCUT2D eigenvalue weighted by atomic mass is 9.87. The summed E-state index contributed by atoms with van der Waals surface area (Å²) < 4.78 is 0. The maximum absolute atomic E-state index is 12.7. The first-order valence-corrected chi connectivity index (χ1v) is 9.52. The van der Waals surface area contributed by atoms with Gasteiger partial charge in [0.05, 0.1) is 5.56 Å². The van der Waals surface area contributed by atoms with Crippen LogP contribution in [-0.4, -0.2) is 16.8 Å². The molecule has 3 aromatic rings. The Hall–Kier alpha value is -3.47. The largest absolute Gasteiger partial charge is 0.348 e. The van der Waals surface area contributed by atoms with Gasteiger partial charge in [-0.25, -0.2) is 0 Å². The summed E-state index contributed by atoms with van der Waals surface area (Å²) in [6.45, 7) is 6.71. The minimum absolute atomic E-state index is 0.0358. The van der Waals surface area contributed by atoms with E-state index in [0.29, 0.717) is 23.4 Å². The number of aromatic nitrogens is 1. The zero-order valence-electron chi connectivity index (χ0n) is 16.9. The van der Waals surface area contributed by atoms with Crippen molar-refractivity contribution in [1.82, 2.24) is 10.3 Å². The Morgan fingerprint density at radius 3 is 2.24 bits per heavy atom. The molecule has 148 valence electrons. The van der Waals surface area contributed by atoms with Crippen LogP contribution in [0, 0.1) is 0 Å². The van der Waals surface area contributed by atoms with Crippen molar-refractivity contribution in [1.29, 1.82) is 0 Å². The van der Waals surface area contributed by atoms with Gasteiger partial charge in [0.1, 0.15) is 0 Å². The van der Waals surface area contributed by atoms with Crippen molar-refractivity contribution in [2.75, 3.05) is 5.32 Å². The first-order chi connectivity index (χ1) is 13.8. The van der Waals surface area contributed by atoms with Crippen molar-refractivity contribution >= 4 is 17.5 Å². The van der Waals surface area contributed by atoms with E-state index in [4.69, 9.17) is 0 Å². The first kappa shape index (κ1) is 20.3. The predicted molar refractivity (Wildman–Crippen MR) is 115 cm³/mol. The number of carbonyl (C=O) groups excluding carboxylic acids is 2. The maximum atomic E-state index is 12.7. The van der Waals surface area contributed by atoms with Gasteiger partial charge in [0.15, 0.2) is 0 Å². The summed E-state index contributed by atoms with van der Waals surface area (Å²) in [5, 5.41) is 5.81. The summed E-state index contributed by atoms with van der Waals surface area (Å²) in [5.74, 6) is -0.395. The highest BCUT2D eigenvalue weighted by molar-refractivity contribution is 6.04. The lowest BCUT2D eigenvalue weighted by Crippen LogP contribution is -2.24. The summed E-state index contributed by atoms with van der Waals surface area (Å²) in [7, 11) is 0. The molecule has 5 heteroatoms. The third kappa shape index (κ3) is 5.29. The van der Waals surface area contributed by atoms with Gasteiger partial charge in [0.25, 0.3) is 11.8 Å². The topological polar surface area (TPSA) is 71.1 Å². The van der Waals surface area contributed by atoms with E-state index in [1.165, 1.54) is 11.8 Å². The fourth-order valence-corrected chi connectivity index (χ4v) is 2.89. The number of hydrogen-bond donors (Lipinski definition) is 2. The van der Waals surface area contributed by atoms with Gasteiger partial charge in [-0.1, -0.05) is 51.1 Å². The smallest absolute Gasteiger partial charge is 0.255 e. The summed E-state index contributed by atoms with van der Waals surface area (Å²) in [4.78, 5) is 28.9. The Morgan fingerprint density at radius 1 is 0.862 bits per heavy atom. The van der Waals surface area contributed by atoms with Crippen molar-refractivity contribution in [3.63, 3.8) is 0 Å². The Labute approximate surface area is 171 Å². The maximum Gasteiger partial charge on any atom is 0.255 e. The molecule has 0 fully saturated rings. The van der Waals surface area contributed by atoms with Gasteiger partial charge in [-0.2, -0.15) is 0 Å². The summed E-state index contributed by atoms with van der Waals surface area (Å²) in [6.07, 6.45) is 3.14. The second-order valence-electron chi connectivity index (χ2n) is 7.86. The van der Waals surface area contributed by atoms with Crippen LogP contribution in [-0.2, 0) is 12.0 Å². The number of benzene rings is 2. The number of carbonyl (C=O) groups is 2. The van der Waals surface area contributed by atoms with Crippen LogP contribution < -0.4 is 10.6 Å². The summed E-state index contributed by atoms with van der Waals surface area (Å²) >= 11 is 0. The SMILES string of the molecule is CC(C)(C)c1ccc(C(=O)Nc2ccccc2CNC(=O)c2cccnc2)cc1. The quantitative estimate of drug-likeness (QED) is 0.674. The number of rotatable bonds is 5. The third-order valence-corrected chi connectivity index (χ3v) is 4.64. The van der Waals surface area contributed by atoms with Crippen LogP contribution in [0.2, 0.25) is 0 Å². The molecule has 1 heterocycles. The van der Waals surface area contributed by atoms with E-state index in [-0.39, 0.29) is 17.2 Å². The average molecular weight is 387 g/mol. The second kappa shape index (κ2) is 8.69. The number of nitrogens with zero attached hydrogens (tertiary/aromatic N) is 1. The number of hydrogen-bond acceptors (Lipinski definition) is 3. The first-order valence-electron chi connectivity index (χ1n) is 9.52. The normalized spacial score (nSPS) is 11.0. The van der Waals surface area contributed by atoms with Crippen LogP contribution in [0.25, 0.3) is 0 Å². The molecule has 0 bridgehead atoms. The van der Waals surface area contributed by atoms with Gasteiger partial charge in [0.2, 0.25) is 0 Å². The third-order valence-electron chi connectivity index (χ3n) is 4.64. The van der Waals surface area contributed by atoms with E-state index in [9.17, 15) is 9.59 Å². The molecule has 2 N–H and O–H groups in total. The molecule has 0 saturated heterocycles. The van der Waals surface area contributed by atoms with Crippen LogP contribution >= 0.6 is 0 Å². The average Bonchev–Trinajstić information content (AvgIpc) is 2.73. The zero-order valence-corrected chi connectivity index (χ0v) is 16.9. The van der Waals surface area contributed by atoms with Gasteiger partial charge in [-0.05, 0) is 46.9 Å². The molecular formula is C24H25N3O2. The van der Waals surface area contributed by atoms with Crippen LogP contribution in [0.4, 0.5) is 5.69 Å². The minimum Gasteiger partial charge on any atom is -0.348 e. The fraction of sp³-hybridized carbons (Fsp3) is 0.208. The van der Waals surface area contributed by atoms with Crippen molar-refractivity contribution in [3.05, 3.63) is 95.3 Å². The van der Waals surface area contributed by atoms with Crippen molar-refractivity contribution in [3.8, 4) is 0 Å². The molecule has 0 aliphatic rings.